The fourth-order valence-electron chi connectivity index (χ4n) is 2.57. The van der Waals surface area contributed by atoms with Gasteiger partial charge in [0.2, 0.25) is 11.8 Å². The largest absolute Gasteiger partial charge is 0.395 e. The minimum Gasteiger partial charge on any atom is -0.395 e. The van der Waals surface area contributed by atoms with E-state index in [4.69, 9.17) is 5.11 Å². The van der Waals surface area contributed by atoms with E-state index >= 15 is 0 Å². The average molecular weight is 355 g/mol. The standard InChI is InChI=1S/C15H19BrN2O3/c1-2-17(6-7-19)15(21)11-8-14(20)18(10-11)13-5-3-4-12(16)9-13/h3-5,9,11,19H,2,6-8,10H2,1H3. The molecule has 6 heteroatoms. The van der Waals surface area contributed by atoms with Gasteiger partial charge in [-0.25, -0.2) is 0 Å². The Kier molecular flexibility index (Phi) is 5.36. The van der Waals surface area contributed by atoms with Gasteiger partial charge in [0, 0.05) is 36.2 Å². The molecule has 1 aliphatic rings. The maximum Gasteiger partial charge on any atom is 0.228 e. The summed E-state index contributed by atoms with van der Waals surface area (Å²) in [4.78, 5) is 27.8. The summed E-state index contributed by atoms with van der Waals surface area (Å²) in [6.45, 7) is 3.07. The van der Waals surface area contributed by atoms with E-state index in [1.807, 2.05) is 31.2 Å². The van der Waals surface area contributed by atoms with Gasteiger partial charge in [0.1, 0.15) is 0 Å². The molecule has 1 unspecified atom stereocenters. The van der Waals surface area contributed by atoms with Crippen molar-refractivity contribution >= 4 is 33.4 Å². The van der Waals surface area contributed by atoms with E-state index in [-0.39, 0.29) is 30.8 Å². The van der Waals surface area contributed by atoms with Crippen molar-refractivity contribution in [2.75, 3.05) is 31.1 Å². The van der Waals surface area contributed by atoms with E-state index in [9.17, 15) is 9.59 Å². The lowest BCUT2D eigenvalue weighted by Crippen LogP contribution is -2.39. The second-order valence-electron chi connectivity index (χ2n) is 5.03. The van der Waals surface area contributed by atoms with Crippen LogP contribution in [0.3, 0.4) is 0 Å². The van der Waals surface area contributed by atoms with Crippen molar-refractivity contribution in [3.63, 3.8) is 0 Å². The number of aliphatic hydroxyl groups excluding tert-OH is 1. The lowest BCUT2D eigenvalue weighted by Gasteiger charge is -2.23. The molecule has 2 amide bonds. The first kappa shape index (κ1) is 16.0. The van der Waals surface area contributed by atoms with Gasteiger partial charge in [0.15, 0.2) is 0 Å². The molecule has 0 saturated carbocycles. The zero-order valence-corrected chi connectivity index (χ0v) is 13.5. The average Bonchev–Trinajstić information content (AvgIpc) is 2.86. The molecule has 1 N–H and O–H groups in total. The first-order valence-corrected chi connectivity index (χ1v) is 7.81. The molecule has 5 nitrogen and oxygen atoms in total. The highest BCUT2D eigenvalue weighted by molar-refractivity contribution is 9.10. The Balaban J connectivity index is 2.10. The van der Waals surface area contributed by atoms with E-state index in [2.05, 4.69) is 15.9 Å². The molecule has 1 aliphatic heterocycles. The molecular formula is C15H19BrN2O3. The smallest absolute Gasteiger partial charge is 0.228 e. The maximum atomic E-state index is 12.4. The van der Waals surface area contributed by atoms with Crippen LogP contribution in [0.1, 0.15) is 13.3 Å². The van der Waals surface area contributed by atoms with Gasteiger partial charge in [-0.2, -0.15) is 0 Å². The third kappa shape index (κ3) is 3.63. The van der Waals surface area contributed by atoms with Gasteiger partial charge in [-0.3, -0.25) is 9.59 Å². The van der Waals surface area contributed by atoms with Crippen molar-refractivity contribution in [1.82, 2.24) is 4.90 Å². The summed E-state index contributed by atoms with van der Waals surface area (Å²) in [5.74, 6) is -0.424. The number of carbonyl (C=O) groups is 2. The van der Waals surface area contributed by atoms with Crippen molar-refractivity contribution in [2.45, 2.75) is 13.3 Å². The molecule has 1 heterocycles. The molecular weight excluding hydrogens is 336 g/mol. The lowest BCUT2D eigenvalue weighted by atomic mass is 10.1. The van der Waals surface area contributed by atoms with Crippen LogP contribution in [-0.2, 0) is 9.59 Å². The summed E-state index contributed by atoms with van der Waals surface area (Å²) in [6, 6.07) is 7.50. The number of hydrogen-bond donors (Lipinski definition) is 1. The number of anilines is 1. The van der Waals surface area contributed by atoms with Crippen LogP contribution in [0.5, 0.6) is 0 Å². The predicted octanol–water partition coefficient (Wildman–Crippen LogP) is 1.64. The summed E-state index contributed by atoms with van der Waals surface area (Å²) >= 11 is 3.39. The molecule has 1 saturated heterocycles. The van der Waals surface area contributed by atoms with E-state index in [1.165, 1.54) is 0 Å². The van der Waals surface area contributed by atoms with E-state index < -0.39 is 0 Å². The van der Waals surface area contributed by atoms with Gasteiger partial charge in [0.05, 0.1) is 12.5 Å². The Bertz CT molecular complexity index is 535. The number of amides is 2. The normalized spacial score (nSPS) is 18.1. The number of benzene rings is 1. The van der Waals surface area contributed by atoms with Crippen LogP contribution in [0.2, 0.25) is 0 Å². The van der Waals surface area contributed by atoms with Crippen LogP contribution in [0, 0.1) is 5.92 Å². The van der Waals surface area contributed by atoms with Crippen LogP contribution in [0.15, 0.2) is 28.7 Å². The minimum absolute atomic E-state index is 0.0356. The van der Waals surface area contributed by atoms with E-state index in [0.29, 0.717) is 19.6 Å². The Morgan fingerprint density at radius 3 is 2.90 bits per heavy atom. The number of halogens is 1. The molecule has 1 atom stereocenters. The highest BCUT2D eigenvalue weighted by atomic mass is 79.9. The fourth-order valence-corrected chi connectivity index (χ4v) is 2.96. The topological polar surface area (TPSA) is 60.9 Å². The van der Waals surface area contributed by atoms with Gasteiger partial charge >= 0.3 is 0 Å². The summed E-state index contributed by atoms with van der Waals surface area (Å²) in [5.41, 5.74) is 0.801. The second-order valence-corrected chi connectivity index (χ2v) is 5.94. The first-order valence-electron chi connectivity index (χ1n) is 7.02. The van der Waals surface area contributed by atoms with Gasteiger partial charge in [-0.15, -0.1) is 0 Å². The number of rotatable bonds is 5. The highest BCUT2D eigenvalue weighted by Gasteiger charge is 2.36. The van der Waals surface area contributed by atoms with Gasteiger partial charge in [-0.1, -0.05) is 22.0 Å². The summed E-state index contributed by atoms with van der Waals surface area (Å²) in [7, 11) is 0. The first-order chi connectivity index (χ1) is 10.1. The van der Waals surface area contributed by atoms with Crippen LogP contribution < -0.4 is 4.90 Å². The Hall–Kier alpha value is -1.40. The third-order valence-corrected chi connectivity index (χ3v) is 4.15. The van der Waals surface area contributed by atoms with E-state index in [0.717, 1.165) is 10.2 Å². The number of aliphatic hydroxyl groups is 1. The van der Waals surface area contributed by atoms with Crippen LogP contribution in [0.4, 0.5) is 5.69 Å². The monoisotopic (exact) mass is 354 g/mol. The molecule has 1 fully saturated rings. The fraction of sp³-hybridized carbons (Fsp3) is 0.467. The Morgan fingerprint density at radius 1 is 1.52 bits per heavy atom. The number of carbonyl (C=O) groups excluding carboxylic acids is 2. The molecule has 1 aromatic rings. The van der Waals surface area contributed by atoms with Crippen LogP contribution in [0.25, 0.3) is 0 Å². The summed E-state index contributed by atoms with van der Waals surface area (Å²) in [6.07, 6.45) is 0.229. The number of hydrogen-bond acceptors (Lipinski definition) is 3. The van der Waals surface area contributed by atoms with Gasteiger partial charge < -0.3 is 14.9 Å². The van der Waals surface area contributed by atoms with Gasteiger partial charge in [-0.05, 0) is 25.1 Å². The zero-order valence-electron chi connectivity index (χ0n) is 12.0. The molecule has 2 rings (SSSR count). The molecule has 21 heavy (non-hydrogen) atoms. The summed E-state index contributed by atoms with van der Waals surface area (Å²) < 4.78 is 0.901. The summed E-state index contributed by atoms with van der Waals surface area (Å²) in [5, 5.41) is 9.00. The number of nitrogens with zero attached hydrogens (tertiary/aromatic N) is 2. The molecule has 0 radical (unpaired) electrons. The predicted molar refractivity (Wildman–Crippen MR) is 83.9 cm³/mol. The molecule has 0 aromatic heterocycles. The van der Waals surface area contributed by atoms with Crippen molar-refractivity contribution in [3.05, 3.63) is 28.7 Å². The SMILES string of the molecule is CCN(CCO)C(=O)C1CC(=O)N(c2cccc(Br)c2)C1. The molecule has 114 valence electrons. The Morgan fingerprint density at radius 2 is 2.29 bits per heavy atom. The van der Waals surface area contributed by atoms with Crippen LogP contribution >= 0.6 is 15.9 Å². The molecule has 0 bridgehead atoms. The highest BCUT2D eigenvalue weighted by Crippen LogP contribution is 2.28. The molecule has 1 aromatic carbocycles. The maximum absolute atomic E-state index is 12.4. The van der Waals surface area contributed by atoms with Crippen LogP contribution in [-0.4, -0.2) is 48.1 Å². The minimum atomic E-state index is -0.331. The second kappa shape index (κ2) is 7.04. The van der Waals surface area contributed by atoms with Crippen molar-refractivity contribution < 1.29 is 14.7 Å². The Labute approximate surface area is 132 Å². The van der Waals surface area contributed by atoms with Crippen molar-refractivity contribution in [3.8, 4) is 0 Å². The number of likely N-dealkylation sites (N-methyl/N-ethyl adjacent to an activating group) is 1. The zero-order chi connectivity index (χ0) is 15.4. The van der Waals surface area contributed by atoms with E-state index in [1.54, 1.807) is 9.80 Å². The van der Waals surface area contributed by atoms with Gasteiger partial charge in [0.25, 0.3) is 0 Å². The lowest BCUT2D eigenvalue weighted by molar-refractivity contribution is -0.136. The quantitative estimate of drug-likeness (QED) is 0.874. The molecule has 0 spiro atoms. The van der Waals surface area contributed by atoms with Crippen molar-refractivity contribution in [1.29, 1.82) is 0 Å². The third-order valence-electron chi connectivity index (χ3n) is 3.66. The van der Waals surface area contributed by atoms with Crippen molar-refractivity contribution in [2.24, 2.45) is 5.92 Å². The molecule has 0 aliphatic carbocycles.